The molecule has 1 aromatic heterocycles. The molecule has 2 aromatic carbocycles. The fourth-order valence-corrected chi connectivity index (χ4v) is 4.30. The van der Waals surface area contributed by atoms with E-state index >= 15 is 0 Å². The zero-order valence-corrected chi connectivity index (χ0v) is 17.4. The van der Waals surface area contributed by atoms with Crippen molar-refractivity contribution in [3.63, 3.8) is 0 Å². The highest BCUT2D eigenvalue weighted by Crippen LogP contribution is 2.27. The SMILES string of the molecule is Cc1csc(SCc2ccccc2C(=O)OCC(=O)Nc2ccc(Cl)cc2)n1. The number of aryl methyl sites for hydroxylation is 1. The summed E-state index contributed by atoms with van der Waals surface area (Å²) in [5.74, 6) is -0.353. The topological polar surface area (TPSA) is 68.3 Å². The first kappa shape index (κ1) is 20.4. The maximum Gasteiger partial charge on any atom is 0.338 e. The summed E-state index contributed by atoms with van der Waals surface area (Å²) in [6.07, 6.45) is 0. The third-order valence-corrected chi connectivity index (χ3v) is 6.09. The van der Waals surface area contributed by atoms with Crippen LogP contribution in [0, 0.1) is 6.92 Å². The van der Waals surface area contributed by atoms with Crippen LogP contribution >= 0.6 is 34.7 Å². The van der Waals surface area contributed by atoms with Gasteiger partial charge in [0, 0.05) is 27.5 Å². The molecule has 5 nitrogen and oxygen atoms in total. The van der Waals surface area contributed by atoms with Crippen molar-refractivity contribution in [3.8, 4) is 0 Å². The first-order valence-corrected chi connectivity index (χ1v) is 10.6. The van der Waals surface area contributed by atoms with Gasteiger partial charge in [0.15, 0.2) is 6.61 Å². The number of thioether (sulfide) groups is 1. The number of carbonyl (C=O) groups excluding carboxylic acids is 2. The van der Waals surface area contributed by atoms with Crippen molar-refractivity contribution in [2.45, 2.75) is 17.0 Å². The first-order valence-electron chi connectivity index (χ1n) is 8.36. The summed E-state index contributed by atoms with van der Waals surface area (Å²) in [5, 5.41) is 5.22. The molecule has 0 radical (unpaired) electrons. The minimum atomic E-state index is -0.530. The number of nitrogens with zero attached hydrogens (tertiary/aromatic N) is 1. The molecule has 0 bridgehead atoms. The smallest absolute Gasteiger partial charge is 0.338 e. The van der Waals surface area contributed by atoms with E-state index in [1.54, 1.807) is 59.5 Å². The standard InChI is InChI=1S/C20H17ClN2O3S2/c1-13-11-27-20(22-13)28-12-14-4-2-3-5-17(14)19(25)26-10-18(24)23-16-8-6-15(21)7-9-16/h2-9,11H,10,12H2,1H3,(H,23,24). The van der Waals surface area contributed by atoms with Gasteiger partial charge in [-0.25, -0.2) is 9.78 Å². The molecule has 0 aliphatic carbocycles. The molecular weight excluding hydrogens is 416 g/mol. The van der Waals surface area contributed by atoms with Crippen LogP contribution in [0.3, 0.4) is 0 Å². The van der Waals surface area contributed by atoms with Crippen molar-refractivity contribution < 1.29 is 14.3 Å². The second-order valence-electron chi connectivity index (χ2n) is 5.83. The van der Waals surface area contributed by atoms with Crippen LogP contribution in [0.4, 0.5) is 5.69 Å². The Balaban J connectivity index is 1.56. The largest absolute Gasteiger partial charge is 0.452 e. The highest BCUT2D eigenvalue weighted by molar-refractivity contribution is 8.00. The van der Waals surface area contributed by atoms with Gasteiger partial charge < -0.3 is 10.1 Å². The Bertz CT molecular complexity index is 974. The number of aromatic nitrogens is 1. The molecule has 144 valence electrons. The molecule has 0 aliphatic heterocycles. The van der Waals surface area contributed by atoms with E-state index in [-0.39, 0.29) is 6.61 Å². The number of ether oxygens (including phenoxy) is 1. The predicted octanol–water partition coefficient (Wildman–Crippen LogP) is 5.19. The summed E-state index contributed by atoms with van der Waals surface area (Å²) in [4.78, 5) is 28.8. The Morgan fingerprint density at radius 3 is 2.64 bits per heavy atom. The third kappa shape index (κ3) is 5.82. The van der Waals surface area contributed by atoms with Crippen LogP contribution in [-0.2, 0) is 15.3 Å². The minimum absolute atomic E-state index is 0.366. The maximum atomic E-state index is 12.4. The van der Waals surface area contributed by atoms with E-state index in [4.69, 9.17) is 16.3 Å². The fraction of sp³-hybridized carbons (Fsp3) is 0.150. The van der Waals surface area contributed by atoms with Gasteiger partial charge in [0.1, 0.15) is 4.34 Å². The van der Waals surface area contributed by atoms with E-state index in [0.29, 0.717) is 22.0 Å². The molecule has 1 heterocycles. The van der Waals surface area contributed by atoms with Gasteiger partial charge in [-0.1, -0.05) is 41.6 Å². The lowest BCUT2D eigenvalue weighted by atomic mass is 10.1. The summed E-state index contributed by atoms with van der Waals surface area (Å²) in [6.45, 7) is 1.58. The number of esters is 1. The molecule has 0 saturated carbocycles. The number of rotatable bonds is 7. The summed E-state index contributed by atoms with van der Waals surface area (Å²) in [6, 6.07) is 13.9. The normalized spacial score (nSPS) is 10.5. The van der Waals surface area contributed by atoms with E-state index in [0.717, 1.165) is 15.6 Å². The highest BCUT2D eigenvalue weighted by Gasteiger charge is 2.15. The second-order valence-corrected chi connectivity index (χ2v) is 8.35. The van der Waals surface area contributed by atoms with Crippen LogP contribution < -0.4 is 5.32 Å². The Morgan fingerprint density at radius 1 is 1.18 bits per heavy atom. The average molecular weight is 433 g/mol. The molecule has 0 fully saturated rings. The molecule has 0 spiro atoms. The maximum absolute atomic E-state index is 12.4. The van der Waals surface area contributed by atoms with Crippen molar-refractivity contribution in [1.82, 2.24) is 4.98 Å². The van der Waals surface area contributed by atoms with Crippen molar-refractivity contribution >= 4 is 52.3 Å². The van der Waals surface area contributed by atoms with Crippen LogP contribution in [0.2, 0.25) is 5.02 Å². The van der Waals surface area contributed by atoms with Crippen LogP contribution in [0.15, 0.2) is 58.3 Å². The first-order chi connectivity index (χ1) is 13.5. The zero-order valence-electron chi connectivity index (χ0n) is 15.0. The monoisotopic (exact) mass is 432 g/mol. The van der Waals surface area contributed by atoms with Gasteiger partial charge in [0.05, 0.1) is 5.56 Å². The van der Waals surface area contributed by atoms with Crippen molar-refractivity contribution in [2.75, 3.05) is 11.9 Å². The number of hydrogen-bond donors (Lipinski definition) is 1. The summed E-state index contributed by atoms with van der Waals surface area (Å²) >= 11 is 8.95. The highest BCUT2D eigenvalue weighted by atomic mass is 35.5. The lowest BCUT2D eigenvalue weighted by Crippen LogP contribution is -2.21. The third-order valence-electron chi connectivity index (χ3n) is 3.65. The Labute approximate surface area is 176 Å². The minimum Gasteiger partial charge on any atom is -0.452 e. The Morgan fingerprint density at radius 2 is 1.93 bits per heavy atom. The zero-order chi connectivity index (χ0) is 19.9. The molecule has 3 rings (SSSR count). The van der Waals surface area contributed by atoms with Gasteiger partial charge in [0.2, 0.25) is 0 Å². The van der Waals surface area contributed by atoms with Gasteiger partial charge in [-0.05, 0) is 42.8 Å². The van der Waals surface area contributed by atoms with Crippen LogP contribution in [-0.4, -0.2) is 23.5 Å². The summed E-state index contributed by atoms with van der Waals surface area (Å²) < 4.78 is 6.13. The Kier molecular flexibility index (Phi) is 7.08. The molecule has 0 unspecified atom stereocenters. The number of hydrogen-bond acceptors (Lipinski definition) is 6. The van der Waals surface area contributed by atoms with Gasteiger partial charge in [-0.2, -0.15) is 0 Å². The summed E-state index contributed by atoms with van der Waals surface area (Å²) in [7, 11) is 0. The number of thiazole rings is 1. The van der Waals surface area contributed by atoms with Gasteiger partial charge in [-0.3, -0.25) is 4.79 Å². The molecule has 0 saturated heterocycles. The molecular formula is C20H17ClN2O3S2. The average Bonchev–Trinajstić information content (AvgIpc) is 3.12. The number of carbonyl (C=O) groups is 2. The molecule has 0 aliphatic rings. The van der Waals surface area contributed by atoms with Gasteiger partial charge >= 0.3 is 5.97 Å². The van der Waals surface area contributed by atoms with Gasteiger partial charge in [0.25, 0.3) is 5.91 Å². The molecule has 1 N–H and O–H groups in total. The lowest BCUT2D eigenvalue weighted by Gasteiger charge is -2.09. The van der Waals surface area contributed by atoms with Gasteiger partial charge in [-0.15, -0.1) is 11.3 Å². The van der Waals surface area contributed by atoms with E-state index in [9.17, 15) is 9.59 Å². The molecule has 1 amide bonds. The van der Waals surface area contributed by atoms with Crippen molar-refractivity contribution in [1.29, 1.82) is 0 Å². The summed E-state index contributed by atoms with van der Waals surface area (Å²) in [5.41, 5.74) is 2.85. The number of halogens is 1. The number of nitrogens with one attached hydrogen (secondary N) is 1. The number of amides is 1. The van der Waals surface area contributed by atoms with Crippen molar-refractivity contribution in [2.24, 2.45) is 0 Å². The van der Waals surface area contributed by atoms with E-state index in [1.807, 2.05) is 24.4 Å². The predicted molar refractivity (Wildman–Crippen MR) is 113 cm³/mol. The molecule has 0 atom stereocenters. The number of benzene rings is 2. The van der Waals surface area contributed by atoms with Crippen LogP contribution in [0.1, 0.15) is 21.6 Å². The van der Waals surface area contributed by atoms with Crippen molar-refractivity contribution in [3.05, 3.63) is 75.8 Å². The molecule has 28 heavy (non-hydrogen) atoms. The lowest BCUT2D eigenvalue weighted by molar-refractivity contribution is -0.119. The Hall–Kier alpha value is -2.35. The van der Waals surface area contributed by atoms with Crippen LogP contribution in [0.5, 0.6) is 0 Å². The quantitative estimate of drug-likeness (QED) is 0.411. The van der Waals surface area contributed by atoms with E-state index < -0.39 is 11.9 Å². The fourth-order valence-electron chi connectivity index (χ4n) is 2.32. The molecule has 8 heteroatoms. The van der Waals surface area contributed by atoms with E-state index in [2.05, 4.69) is 10.3 Å². The van der Waals surface area contributed by atoms with E-state index in [1.165, 1.54) is 0 Å². The molecule has 3 aromatic rings. The number of anilines is 1. The second kappa shape index (κ2) is 9.73. The van der Waals surface area contributed by atoms with Crippen LogP contribution in [0.25, 0.3) is 0 Å².